The van der Waals surface area contributed by atoms with E-state index in [2.05, 4.69) is 22.6 Å². The van der Waals surface area contributed by atoms with Gasteiger partial charge in [-0.15, -0.1) is 0 Å². The Morgan fingerprint density at radius 3 is 2.47 bits per heavy atom. The average molecular weight is 465 g/mol. The van der Waals surface area contributed by atoms with Crippen molar-refractivity contribution >= 4 is 5.91 Å². The number of para-hydroxylation sites is 1. The highest BCUT2D eigenvalue weighted by molar-refractivity contribution is 5.97. The molecule has 0 bridgehead atoms. The summed E-state index contributed by atoms with van der Waals surface area (Å²) in [6, 6.07) is 15.5. The Morgan fingerprint density at radius 1 is 1.06 bits per heavy atom. The van der Waals surface area contributed by atoms with Crippen LogP contribution in [0.2, 0.25) is 0 Å². The minimum Gasteiger partial charge on any atom is -0.494 e. The van der Waals surface area contributed by atoms with Gasteiger partial charge in [-0.25, -0.2) is 0 Å². The third kappa shape index (κ3) is 5.25. The van der Waals surface area contributed by atoms with Gasteiger partial charge in [0.25, 0.3) is 5.91 Å². The van der Waals surface area contributed by atoms with Crippen molar-refractivity contribution < 1.29 is 23.5 Å². The number of aryl methyl sites for hydroxylation is 2. The van der Waals surface area contributed by atoms with Crippen LogP contribution in [0.5, 0.6) is 11.5 Å². The molecular formula is C27H32N2O5. The maximum absolute atomic E-state index is 13.2. The molecule has 34 heavy (non-hydrogen) atoms. The number of ether oxygens (including phenoxy) is 3. The molecule has 1 aromatic heterocycles. The Labute approximate surface area is 200 Å². The summed E-state index contributed by atoms with van der Waals surface area (Å²) >= 11 is 0. The Kier molecular flexibility index (Phi) is 7.53. The number of amides is 1. The van der Waals surface area contributed by atoms with E-state index >= 15 is 0 Å². The molecule has 0 saturated carbocycles. The third-order valence-electron chi connectivity index (χ3n) is 6.50. The highest BCUT2D eigenvalue weighted by Gasteiger charge is 2.35. The van der Waals surface area contributed by atoms with E-state index in [9.17, 15) is 4.79 Å². The van der Waals surface area contributed by atoms with Gasteiger partial charge in [0, 0.05) is 25.2 Å². The zero-order chi connectivity index (χ0) is 24.0. The predicted molar refractivity (Wildman–Crippen MR) is 128 cm³/mol. The maximum Gasteiger partial charge on any atom is 0.255 e. The molecule has 0 unspecified atom stereocenters. The summed E-state index contributed by atoms with van der Waals surface area (Å²) < 4.78 is 22.5. The molecule has 0 aliphatic carbocycles. The van der Waals surface area contributed by atoms with E-state index in [0.29, 0.717) is 44.3 Å². The molecule has 7 heteroatoms. The van der Waals surface area contributed by atoms with Gasteiger partial charge in [-0.2, -0.15) is 0 Å². The normalized spacial score (nSPS) is 15.0. The Bertz CT molecular complexity index is 1080. The number of hydrogen-bond donors (Lipinski definition) is 1. The Balaban J connectivity index is 1.48. The van der Waals surface area contributed by atoms with Gasteiger partial charge < -0.3 is 24.1 Å². The fraction of sp³-hybridized carbons (Fsp3) is 0.407. The fourth-order valence-electron chi connectivity index (χ4n) is 4.38. The summed E-state index contributed by atoms with van der Waals surface area (Å²) in [6.45, 7) is 8.47. The number of nitrogens with zero attached hydrogens (tertiary/aromatic N) is 1. The molecule has 0 radical (unpaired) electrons. The van der Waals surface area contributed by atoms with E-state index in [-0.39, 0.29) is 11.3 Å². The van der Waals surface area contributed by atoms with Crippen LogP contribution in [0, 0.1) is 13.8 Å². The summed E-state index contributed by atoms with van der Waals surface area (Å²) in [5, 5.41) is 7.13. The molecule has 1 aliphatic heterocycles. The van der Waals surface area contributed by atoms with Crippen LogP contribution in [0.15, 0.2) is 53.1 Å². The second-order valence-electron chi connectivity index (χ2n) is 8.62. The largest absolute Gasteiger partial charge is 0.494 e. The van der Waals surface area contributed by atoms with E-state index in [0.717, 1.165) is 35.6 Å². The first-order chi connectivity index (χ1) is 16.5. The second-order valence-corrected chi connectivity index (χ2v) is 8.62. The van der Waals surface area contributed by atoms with Crippen molar-refractivity contribution in [3.8, 4) is 11.5 Å². The van der Waals surface area contributed by atoms with Crippen LogP contribution in [-0.2, 0) is 16.8 Å². The molecule has 1 fully saturated rings. The van der Waals surface area contributed by atoms with Gasteiger partial charge in [-0.1, -0.05) is 29.4 Å². The van der Waals surface area contributed by atoms with Crippen LogP contribution >= 0.6 is 0 Å². The smallest absolute Gasteiger partial charge is 0.255 e. The van der Waals surface area contributed by atoms with Crippen molar-refractivity contribution in [1.82, 2.24) is 10.5 Å². The number of aromatic nitrogens is 1. The zero-order valence-corrected chi connectivity index (χ0v) is 20.1. The van der Waals surface area contributed by atoms with Crippen molar-refractivity contribution in [2.24, 2.45) is 0 Å². The number of rotatable bonds is 9. The quantitative estimate of drug-likeness (QED) is 0.492. The lowest BCUT2D eigenvalue weighted by Crippen LogP contribution is -2.44. The van der Waals surface area contributed by atoms with Crippen molar-refractivity contribution in [3.63, 3.8) is 0 Å². The molecular weight excluding hydrogens is 432 g/mol. The minimum absolute atomic E-state index is 0.161. The number of carbonyl (C=O) groups is 1. The van der Waals surface area contributed by atoms with E-state index in [4.69, 9.17) is 18.7 Å². The van der Waals surface area contributed by atoms with Crippen molar-refractivity contribution in [1.29, 1.82) is 0 Å². The Morgan fingerprint density at radius 2 is 1.79 bits per heavy atom. The van der Waals surface area contributed by atoms with Crippen LogP contribution in [0.25, 0.3) is 0 Å². The molecule has 0 atom stereocenters. The topological polar surface area (TPSA) is 82.8 Å². The van der Waals surface area contributed by atoms with Gasteiger partial charge in [-0.3, -0.25) is 4.79 Å². The number of benzene rings is 2. The molecule has 1 aliphatic rings. The highest BCUT2D eigenvalue weighted by atomic mass is 16.5. The first-order valence-electron chi connectivity index (χ1n) is 11.8. The van der Waals surface area contributed by atoms with Crippen molar-refractivity contribution in [2.45, 2.75) is 45.6 Å². The van der Waals surface area contributed by atoms with E-state index in [1.165, 1.54) is 5.56 Å². The van der Waals surface area contributed by atoms with Gasteiger partial charge in [0.15, 0.2) is 0 Å². The molecule has 1 N–H and O–H groups in total. The monoisotopic (exact) mass is 464 g/mol. The van der Waals surface area contributed by atoms with Gasteiger partial charge in [0.1, 0.15) is 23.9 Å². The standard InChI is InChI=1S/C27H32N2O5/c1-4-32-22-11-9-21(10-12-22)27(13-15-31-16-14-27)18-28-26(30)23-7-5-6-8-25(23)33-17-24-19(2)29-34-20(24)3/h5-12H,4,13-18H2,1-3H3,(H,28,30). The molecule has 1 amide bonds. The summed E-state index contributed by atoms with van der Waals surface area (Å²) in [6.07, 6.45) is 1.68. The van der Waals surface area contributed by atoms with E-state index in [1.807, 2.05) is 51.1 Å². The molecule has 2 aromatic carbocycles. The summed E-state index contributed by atoms with van der Waals surface area (Å²) in [5.74, 6) is 1.94. The third-order valence-corrected chi connectivity index (χ3v) is 6.50. The first kappa shape index (κ1) is 23.8. The van der Waals surface area contributed by atoms with Crippen LogP contribution in [0.1, 0.15) is 52.7 Å². The van der Waals surface area contributed by atoms with Crippen LogP contribution in [0.4, 0.5) is 0 Å². The minimum atomic E-state index is -0.189. The molecule has 4 rings (SSSR count). The molecule has 1 saturated heterocycles. The summed E-state index contributed by atoms with van der Waals surface area (Å²) in [7, 11) is 0. The summed E-state index contributed by atoms with van der Waals surface area (Å²) in [5.41, 5.74) is 3.18. The van der Waals surface area contributed by atoms with Crippen LogP contribution < -0.4 is 14.8 Å². The SMILES string of the molecule is CCOc1ccc(C2(CNC(=O)c3ccccc3OCc3c(C)noc3C)CCOCC2)cc1. The fourth-order valence-corrected chi connectivity index (χ4v) is 4.38. The first-order valence-corrected chi connectivity index (χ1v) is 11.8. The molecule has 2 heterocycles. The van der Waals surface area contributed by atoms with Crippen molar-refractivity contribution in [3.05, 3.63) is 76.7 Å². The van der Waals surface area contributed by atoms with Gasteiger partial charge >= 0.3 is 0 Å². The van der Waals surface area contributed by atoms with Gasteiger partial charge in [0.05, 0.1) is 23.4 Å². The lowest BCUT2D eigenvalue weighted by Gasteiger charge is -2.38. The molecule has 7 nitrogen and oxygen atoms in total. The molecule has 3 aromatic rings. The zero-order valence-electron chi connectivity index (χ0n) is 20.1. The summed E-state index contributed by atoms with van der Waals surface area (Å²) in [4.78, 5) is 13.2. The molecule has 0 spiro atoms. The number of carbonyl (C=O) groups excluding carboxylic acids is 1. The van der Waals surface area contributed by atoms with Crippen LogP contribution in [-0.4, -0.2) is 37.4 Å². The van der Waals surface area contributed by atoms with Gasteiger partial charge in [0.2, 0.25) is 0 Å². The highest BCUT2D eigenvalue weighted by Crippen LogP contribution is 2.35. The average Bonchev–Trinajstić information content (AvgIpc) is 3.19. The van der Waals surface area contributed by atoms with Crippen LogP contribution in [0.3, 0.4) is 0 Å². The van der Waals surface area contributed by atoms with Gasteiger partial charge in [-0.05, 0) is 63.4 Å². The maximum atomic E-state index is 13.2. The number of hydrogen-bond acceptors (Lipinski definition) is 6. The van der Waals surface area contributed by atoms with E-state index in [1.54, 1.807) is 6.07 Å². The number of nitrogens with one attached hydrogen (secondary N) is 1. The molecule has 180 valence electrons. The predicted octanol–water partition coefficient (Wildman–Crippen LogP) is 4.75. The lowest BCUT2D eigenvalue weighted by atomic mass is 9.74. The van der Waals surface area contributed by atoms with E-state index < -0.39 is 0 Å². The van der Waals surface area contributed by atoms with Crippen molar-refractivity contribution in [2.75, 3.05) is 26.4 Å². The Hall–Kier alpha value is -3.32. The second kappa shape index (κ2) is 10.7. The lowest BCUT2D eigenvalue weighted by molar-refractivity contribution is 0.0486.